The van der Waals surface area contributed by atoms with Gasteiger partial charge in [0.2, 0.25) is 12.1 Å². The largest absolute Gasteiger partial charge is 0.391 e. The summed E-state index contributed by atoms with van der Waals surface area (Å²) in [7, 11) is 0. The molecule has 1 aliphatic heterocycles. The van der Waals surface area contributed by atoms with Crippen LogP contribution in [0.1, 0.15) is 0 Å². The number of hydrogen-bond acceptors (Lipinski definition) is 4. The van der Waals surface area contributed by atoms with Crippen LogP contribution in [0.3, 0.4) is 0 Å². The minimum atomic E-state index is -1.64. The molecule has 3 N–H and O–H groups in total. The molecule has 0 aromatic carbocycles. The molecule has 1 unspecified atom stereocenters. The Kier molecular flexibility index (Phi) is 0.829. The summed E-state index contributed by atoms with van der Waals surface area (Å²) in [5.41, 5.74) is 0. The lowest BCUT2D eigenvalue weighted by Gasteiger charge is -1.92. The van der Waals surface area contributed by atoms with Crippen LogP contribution in [0.15, 0.2) is 0 Å². The molecule has 1 heterocycles. The molecule has 1 aliphatic rings. The first-order valence-corrected chi connectivity index (χ1v) is 1.88. The van der Waals surface area contributed by atoms with Crippen molar-refractivity contribution in [1.29, 1.82) is 0 Å². The SMILES string of the molecule is OC[C@@]1(O)OC1O. The number of ether oxygens (including phenoxy) is 1. The first-order chi connectivity index (χ1) is 3.19. The maximum Gasteiger partial charge on any atom is 0.244 e. The predicted octanol–water partition coefficient (Wildman–Crippen LogP) is -1.98. The highest BCUT2D eigenvalue weighted by Crippen LogP contribution is 2.29. The third-order valence-electron chi connectivity index (χ3n) is 0.871. The van der Waals surface area contributed by atoms with Gasteiger partial charge >= 0.3 is 0 Å². The van der Waals surface area contributed by atoms with Crippen molar-refractivity contribution in [3.05, 3.63) is 0 Å². The van der Waals surface area contributed by atoms with E-state index in [1.54, 1.807) is 0 Å². The third-order valence-corrected chi connectivity index (χ3v) is 0.871. The third kappa shape index (κ3) is 0.614. The van der Waals surface area contributed by atoms with Crippen molar-refractivity contribution in [2.24, 2.45) is 0 Å². The first kappa shape index (κ1) is 4.99. The molecule has 0 saturated carbocycles. The summed E-state index contributed by atoms with van der Waals surface area (Å²) in [6.07, 6.45) is -1.18. The van der Waals surface area contributed by atoms with Gasteiger partial charge in [0.25, 0.3) is 0 Å². The molecule has 0 amide bonds. The van der Waals surface area contributed by atoms with Gasteiger partial charge in [0.15, 0.2) is 0 Å². The van der Waals surface area contributed by atoms with E-state index in [4.69, 9.17) is 15.3 Å². The molecule has 1 rings (SSSR count). The maximum atomic E-state index is 8.48. The Bertz CT molecular complexity index is 79.0. The second kappa shape index (κ2) is 1.16. The van der Waals surface area contributed by atoms with Crippen LogP contribution in [0.25, 0.3) is 0 Å². The molecule has 1 fully saturated rings. The lowest BCUT2D eigenvalue weighted by Crippen LogP contribution is -2.18. The van der Waals surface area contributed by atoms with Crippen LogP contribution in [0, 0.1) is 0 Å². The van der Waals surface area contributed by atoms with E-state index in [-0.39, 0.29) is 0 Å². The fourth-order valence-electron chi connectivity index (χ4n) is 0.275. The van der Waals surface area contributed by atoms with Gasteiger partial charge in [0.05, 0.1) is 0 Å². The molecule has 7 heavy (non-hydrogen) atoms. The Labute approximate surface area is 40.0 Å². The summed E-state index contributed by atoms with van der Waals surface area (Å²) in [6.45, 7) is -0.547. The molecule has 4 heteroatoms. The van der Waals surface area contributed by atoms with Gasteiger partial charge in [0.1, 0.15) is 6.61 Å². The standard InChI is InChI=1S/C3H6O4/c4-1-3(6)2(5)7-3/h2,4-6H,1H2/t2?,3-/m1/s1. The highest BCUT2D eigenvalue weighted by atomic mass is 16.8. The van der Waals surface area contributed by atoms with Gasteiger partial charge in [-0.2, -0.15) is 0 Å². The van der Waals surface area contributed by atoms with Crippen molar-refractivity contribution < 1.29 is 20.1 Å². The van der Waals surface area contributed by atoms with E-state index in [0.717, 1.165) is 0 Å². The average Bonchev–Trinajstić information content (AvgIpc) is 2.18. The fraction of sp³-hybridized carbons (Fsp3) is 1.00. The number of aliphatic hydroxyl groups excluding tert-OH is 2. The van der Waals surface area contributed by atoms with E-state index < -0.39 is 18.7 Å². The molecule has 42 valence electrons. The Morgan fingerprint density at radius 2 is 2.14 bits per heavy atom. The molecule has 0 radical (unpaired) electrons. The smallest absolute Gasteiger partial charge is 0.244 e. The first-order valence-electron chi connectivity index (χ1n) is 1.88. The van der Waals surface area contributed by atoms with Crippen molar-refractivity contribution in [3.8, 4) is 0 Å². The van der Waals surface area contributed by atoms with Crippen LogP contribution in [0.2, 0.25) is 0 Å². The Hall–Kier alpha value is -0.160. The molecule has 4 nitrogen and oxygen atoms in total. The van der Waals surface area contributed by atoms with Crippen LogP contribution in [-0.2, 0) is 4.74 Å². The van der Waals surface area contributed by atoms with E-state index in [1.807, 2.05) is 0 Å². The summed E-state index contributed by atoms with van der Waals surface area (Å²) < 4.78 is 4.11. The van der Waals surface area contributed by atoms with Gasteiger partial charge in [0, 0.05) is 0 Å². The maximum absolute atomic E-state index is 8.48. The quantitative estimate of drug-likeness (QED) is 0.338. The molecule has 0 aromatic heterocycles. The summed E-state index contributed by atoms with van der Waals surface area (Å²) >= 11 is 0. The number of rotatable bonds is 1. The molecule has 0 aliphatic carbocycles. The minimum Gasteiger partial charge on any atom is -0.391 e. The van der Waals surface area contributed by atoms with Gasteiger partial charge < -0.3 is 20.1 Å². The predicted molar refractivity (Wildman–Crippen MR) is 19.1 cm³/mol. The molecule has 2 atom stereocenters. The van der Waals surface area contributed by atoms with Gasteiger partial charge in [-0.3, -0.25) is 0 Å². The Morgan fingerprint density at radius 1 is 1.71 bits per heavy atom. The van der Waals surface area contributed by atoms with Crippen molar-refractivity contribution in [3.63, 3.8) is 0 Å². The van der Waals surface area contributed by atoms with Crippen LogP contribution < -0.4 is 0 Å². The molecule has 0 bridgehead atoms. The summed E-state index contributed by atoms with van der Waals surface area (Å²) in [6, 6.07) is 0. The molecule has 1 saturated heterocycles. The van der Waals surface area contributed by atoms with E-state index in [2.05, 4.69) is 4.74 Å². The summed E-state index contributed by atoms with van der Waals surface area (Å²) in [4.78, 5) is 0. The summed E-state index contributed by atoms with van der Waals surface area (Å²) in [5.74, 6) is -1.64. The Morgan fingerprint density at radius 3 is 2.14 bits per heavy atom. The zero-order chi connectivity index (χ0) is 5.49. The lowest BCUT2D eigenvalue weighted by atomic mass is 10.4. The number of hydrogen-bond donors (Lipinski definition) is 3. The summed E-state index contributed by atoms with van der Waals surface area (Å²) in [5, 5.41) is 24.8. The lowest BCUT2D eigenvalue weighted by molar-refractivity contribution is -0.0149. The zero-order valence-electron chi connectivity index (χ0n) is 3.53. The van der Waals surface area contributed by atoms with Gasteiger partial charge in [-0.15, -0.1) is 0 Å². The van der Waals surface area contributed by atoms with Gasteiger partial charge in [-0.05, 0) is 0 Å². The van der Waals surface area contributed by atoms with E-state index in [0.29, 0.717) is 0 Å². The molecule has 0 spiro atoms. The van der Waals surface area contributed by atoms with E-state index in [1.165, 1.54) is 0 Å². The van der Waals surface area contributed by atoms with Crippen LogP contribution >= 0.6 is 0 Å². The van der Waals surface area contributed by atoms with Gasteiger partial charge in [-0.1, -0.05) is 0 Å². The van der Waals surface area contributed by atoms with Crippen LogP contribution in [-0.4, -0.2) is 34.0 Å². The normalized spacial score (nSPS) is 49.3. The van der Waals surface area contributed by atoms with Crippen molar-refractivity contribution >= 4 is 0 Å². The molecular formula is C3H6O4. The van der Waals surface area contributed by atoms with Crippen molar-refractivity contribution in [2.45, 2.75) is 12.1 Å². The highest BCUT2D eigenvalue weighted by Gasteiger charge is 2.54. The van der Waals surface area contributed by atoms with E-state index >= 15 is 0 Å². The minimum absolute atomic E-state index is 0.547. The molecule has 0 aromatic rings. The highest BCUT2D eigenvalue weighted by molar-refractivity contribution is 4.82. The number of aliphatic hydroxyl groups is 3. The fourth-order valence-corrected chi connectivity index (χ4v) is 0.275. The molecular weight excluding hydrogens is 100 g/mol. The number of epoxide rings is 1. The monoisotopic (exact) mass is 106 g/mol. The van der Waals surface area contributed by atoms with Crippen LogP contribution in [0.5, 0.6) is 0 Å². The topological polar surface area (TPSA) is 73.2 Å². The second-order valence-corrected chi connectivity index (χ2v) is 1.47. The van der Waals surface area contributed by atoms with E-state index in [9.17, 15) is 0 Å². The zero-order valence-corrected chi connectivity index (χ0v) is 3.53. The average molecular weight is 106 g/mol. The van der Waals surface area contributed by atoms with Crippen molar-refractivity contribution in [2.75, 3.05) is 6.61 Å². The van der Waals surface area contributed by atoms with Gasteiger partial charge in [-0.25, -0.2) is 0 Å². The second-order valence-electron chi connectivity index (χ2n) is 1.47. The Balaban J connectivity index is 2.36. The van der Waals surface area contributed by atoms with Crippen LogP contribution in [0.4, 0.5) is 0 Å². The van der Waals surface area contributed by atoms with Crippen molar-refractivity contribution in [1.82, 2.24) is 0 Å².